The molecule has 3 rings (SSSR count). The molecule has 1 saturated carbocycles. The van der Waals surface area contributed by atoms with Crippen molar-refractivity contribution in [1.82, 2.24) is 20.1 Å². The summed E-state index contributed by atoms with van der Waals surface area (Å²) >= 11 is 1.50. The van der Waals surface area contributed by atoms with E-state index in [1.54, 1.807) is 0 Å². The van der Waals surface area contributed by atoms with Crippen LogP contribution in [0.2, 0.25) is 0 Å². The van der Waals surface area contributed by atoms with Crippen LogP contribution in [0.4, 0.5) is 0 Å². The zero-order valence-corrected chi connectivity index (χ0v) is 17.4. The Hall–Kier alpha value is -1.82. The summed E-state index contributed by atoms with van der Waals surface area (Å²) in [4.78, 5) is 12.7. The first kappa shape index (κ1) is 19.9. The molecular weight excluding hydrogens is 356 g/mol. The predicted octanol–water partition coefficient (Wildman–Crippen LogP) is 4.59. The SMILES string of the molecule is CCn1c(S[C@H](C)C(=O)NC2CCCCCC2)nnc1-c1ccccc1C. The molecule has 0 spiro atoms. The molecule has 1 aromatic carbocycles. The maximum Gasteiger partial charge on any atom is 0.233 e. The molecule has 27 heavy (non-hydrogen) atoms. The molecule has 1 aromatic heterocycles. The highest BCUT2D eigenvalue weighted by Gasteiger charge is 2.23. The highest BCUT2D eigenvalue weighted by Crippen LogP contribution is 2.28. The zero-order chi connectivity index (χ0) is 19.2. The second-order valence-electron chi connectivity index (χ2n) is 7.32. The molecule has 0 unspecified atom stereocenters. The lowest BCUT2D eigenvalue weighted by molar-refractivity contribution is -0.121. The molecule has 1 amide bonds. The van der Waals surface area contributed by atoms with Crippen LogP contribution in [0.25, 0.3) is 11.4 Å². The molecule has 1 N–H and O–H groups in total. The number of aryl methyl sites for hydroxylation is 1. The fourth-order valence-corrected chi connectivity index (χ4v) is 4.56. The van der Waals surface area contributed by atoms with Crippen LogP contribution in [0.1, 0.15) is 57.9 Å². The van der Waals surface area contributed by atoms with Crippen LogP contribution in [0.3, 0.4) is 0 Å². The summed E-state index contributed by atoms with van der Waals surface area (Å²) in [5.41, 5.74) is 2.27. The van der Waals surface area contributed by atoms with Gasteiger partial charge < -0.3 is 9.88 Å². The normalized spacial score (nSPS) is 16.7. The van der Waals surface area contributed by atoms with E-state index >= 15 is 0 Å². The number of rotatable bonds is 6. The number of carbonyl (C=O) groups excluding carboxylic acids is 1. The molecule has 1 heterocycles. The van der Waals surface area contributed by atoms with Crippen LogP contribution in [-0.2, 0) is 11.3 Å². The van der Waals surface area contributed by atoms with Gasteiger partial charge in [-0.15, -0.1) is 10.2 Å². The lowest BCUT2D eigenvalue weighted by Crippen LogP contribution is -2.39. The molecule has 0 radical (unpaired) electrons. The molecule has 5 nitrogen and oxygen atoms in total. The fourth-order valence-electron chi connectivity index (χ4n) is 3.64. The summed E-state index contributed by atoms with van der Waals surface area (Å²) in [7, 11) is 0. The molecule has 2 aromatic rings. The lowest BCUT2D eigenvalue weighted by Gasteiger charge is -2.19. The quantitative estimate of drug-likeness (QED) is 0.582. The summed E-state index contributed by atoms with van der Waals surface area (Å²) < 4.78 is 2.10. The van der Waals surface area contributed by atoms with Crippen LogP contribution in [0.5, 0.6) is 0 Å². The van der Waals surface area contributed by atoms with Gasteiger partial charge in [0.2, 0.25) is 5.91 Å². The van der Waals surface area contributed by atoms with E-state index in [9.17, 15) is 4.79 Å². The van der Waals surface area contributed by atoms with Crippen LogP contribution in [-0.4, -0.2) is 32.0 Å². The maximum atomic E-state index is 12.7. The van der Waals surface area contributed by atoms with Crippen molar-refractivity contribution in [3.8, 4) is 11.4 Å². The highest BCUT2D eigenvalue weighted by molar-refractivity contribution is 8.00. The Balaban J connectivity index is 1.69. The third-order valence-electron chi connectivity index (χ3n) is 5.27. The first-order valence-electron chi connectivity index (χ1n) is 10.1. The fraction of sp³-hybridized carbons (Fsp3) is 0.571. The Morgan fingerprint density at radius 3 is 2.59 bits per heavy atom. The second-order valence-corrected chi connectivity index (χ2v) is 8.63. The maximum absolute atomic E-state index is 12.7. The number of nitrogens with one attached hydrogen (secondary N) is 1. The Morgan fingerprint density at radius 2 is 1.93 bits per heavy atom. The topological polar surface area (TPSA) is 59.8 Å². The minimum absolute atomic E-state index is 0.106. The molecule has 1 aliphatic carbocycles. The van der Waals surface area contributed by atoms with E-state index in [0.29, 0.717) is 6.04 Å². The van der Waals surface area contributed by atoms with Gasteiger partial charge >= 0.3 is 0 Å². The number of benzene rings is 1. The van der Waals surface area contributed by atoms with Crippen molar-refractivity contribution >= 4 is 17.7 Å². The van der Waals surface area contributed by atoms with Gasteiger partial charge in [0.05, 0.1) is 5.25 Å². The van der Waals surface area contributed by atoms with Gasteiger partial charge in [-0.2, -0.15) is 0 Å². The summed E-state index contributed by atoms with van der Waals surface area (Å²) in [5, 5.41) is 12.7. The van der Waals surface area contributed by atoms with E-state index in [1.807, 2.05) is 19.1 Å². The van der Waals surface area contributed by atoms with Gasteiger partial charge in [0.25, 0.3) is 0 Å². The average molecular weight is 387 g/mol. The van der Waals surface area contributed by atoms with Crippen molar-refractivity contribution in [3.63, 3.8) is 0 Å². The second kappa shape index (κ2) is 9.40. The van der Waals surface area contributed by atoms with Gasteiger partial charge in [-0.3, -0.25) is 4.79 Å². The van der Waals surface area contributed by atoms with Crippen molar-refractivity contribution in [1.29, 1.82) is 0 Å². The predicted molar refractivity (Wildman–Crippen MR) is 111 cm³/mol. The Morgan fingerprint density at radius 1 is 1.22 bits per heavy atom. The molecule has 0 saturated heterocycles. The van der Waals surface area contributed by atoms with Gasteiger partial charge in [0.1, 0.15) is 0 Å². The molecule has 146 valence electrons. The van der Waals surface area contributed by atoms with Crippen LogP contribution >= 0.6 is 11.8 Å². The van der Waals surface area contributed by atoms with Crippen LogP contribution in [0, 0.1) is 6.92 Å². The van der Waals surface area contributed by atoms with E-state index in [0.717, 1.165) is 35.9 Å². The van der Waals surface area contributed by atoms with E-state index in [4.69, 9.17) is 0 Å². The van der Waals surface area contributed by atoms with Gasteiger partial charge in [-0.25, -0.2) is 0 Å². The van der Waals surface area contributed by atoms with Crippen molar-refractivity contribution < 1.29 is 4.79 Å². The van der Waals surface area contributed by atoms with Gasteiger partial charge in [0, 0.05) is 18.2 Å². The summed E-state index contributed by atoms with van der Waals surface area (Å²) in [5.74, 6) is 0.976. The number of thioether (sulfide) groups is 1. The zero-order valence-electron chi connectivity index (χ0n) is 16.6. The number of amides is 1. The molecule has 1 aliphatic rings. The summed E-state index contributed by atoms with van der Waals surface area (Å²) in [6.07, 6.45) is 7.22. The third-order valence-corrected chi connectivity index (χ3v) is 6.35. The molecule has 0 bridgehead atoms. The van der Waals surface area contributed by atoms with Crippen LogP contribution in [0.15, 0.2) is 29.4 Å². The minimum atomic E-state index is -0.188. The van der Waals surface area contributed by atoms with E-state index in [-0.39, 0.29) is 11.2 Å². The van der Waals surface area contributed by atoms with Crippen molar-refractivity contribution in [2.75, 3.05) is 0 Å². The van der Waals surface area contributed by atoms with E-state index in [2.05, 4.69) is 46.1 Å². The average Bonchev–Trinajstić information content (AvgIpc) is 2.88. The van der Waals surface area contributed by atoms with Crippen molar-refractivity contribution in [3.05, 3.63) is 29.8 Å². The lowest BCUT2D eigenvalue weighted by atomic mass is 10.1. The van der Waals surface area contributed by atoms with Gasteiger partial charge in [0.15, 0.2) is 11.0 Å². The first-order chi connectivity index (χ1) is 13.1. The number of carbonyl (C=O) groups is 1. The molecule has 0 aliphatic heterocycles. The Labute approximate surface area is 166 Å². The summed E-state index contributed by atoms with van der Waals surface area (Å²) in [6.45, 7) is 6.90. The molecular formula is C21H30N4OS. The Kier molecular flexibility index (Phi) is 6.94. The molecule has 6 heteroatoms. The van der Waals surface area contributed by atoms with Crippen molar-refractivity contribution in [2.24, 2.45) is 0 Å². The van der Waals surface area contributed by atoms with Gasteiger partial charge in [-0.05, 0) is 39.2 Å². The number of aromatic nitrogens is 3. The number of hydrogen-bond acceptors (Lipinski definition) is 4. The van der Waals surface area contributed by atoms with E-state index < -0.39 is 0 Å². The standard InChI is InChI=1S/C21H30N4OS/c1-4-25-19(18-14-10-9-11-15(18)2)23-24-21(25)27-16(3)20(26)22-17-12-7-5-6-8-13-17/h9-11,14,16-17H,4-8,12-13H2,1-3H3,(H,22,26)/t16-/m1/s1. The Bertz CT molecular complexity index is 765. The minimum Gasteiger partial charge on any atom is -0.352 e. The molecule has 1 atom stereocenters. The third kappa shape index (κ3) is 4.92. The first-order valence-corrected chi connectivity index (χ1v) is 10.9. The number of nitrogens with zero attached hydrogens (tertiary/aromatic N) is 3. The largest absolute Gasteiger partial charge is 0.352 e. The van der Waals surface area contributed by atoms with Crippen molar-refractivity contribution in [2.45, 2.75) is 82.3 Å². The smallest absolute Gasteiger partial charge is 0.233 e. The summed E-state index contributed by atoms with van der Waals surface area (Å²) in [6, 6.07) is 8.53. The monoisotopic (exact) mass is 386 g/mol. The highest BCUT2D eigenvalue weighted by atomic mass is 32.2. The van der Waals surface area contributed by atoms with E-state index in [1.165, 1.54) is 43.0 Å². The van der Waals surface area contributed by atoms with Gasteiger partial charge in [-0.1, -0.05) is 61.7 Å². The molecule has 1 fully saturated rings. The number of hydrogen-bond donors (Lipinski definition) is 1. The van der Waals surface area contributed by atoms with Crippen LogP contribution < -0.4 is 5.32 Å².